The van der Waals surface area contributed by atoms with Crippen LogP contribution >= 0.6 is 26.0 Å². The summed E-state index contributed by atoms with van der Waals surface area (Å²) in [5.41, 5.74) is 5.17. The molecule has 0 saturated heterocycles. The molecule has 0 bridgehead atoms. The Morgan fingerprint density at radius 1 is 1.02 bits per heavy atom. The smallest absolute Gasteiger partial charge is 0.408 e. The van der Waals surface area contributed by atoms with Gasteiger partial charge in [0.05, 0.1) is 12.3 Å². The van der Waals surface area contributed by atoms with E-state index in [1.807, 2.05) is 54.9 Å². The van der Waals surface area contributed by atoms with Crippen LogP contribution in [0.5, 0.6) is 0 Å². The van der Waals surface area contributed by atoms with Gasteiger partial charge in [-0.2, -0.15) is 5.10 Å². The van der Waals surface area contributed by atoms with Crippen LogP contribution in [0.4, 0.5) is 10.5 Å². The zero-order valence-corrected chi connectivity index (χ0v) is 29.2. The number of aromatic nitrogens is 2. The molecule has 1 atom stereocenters. The van der Waals surface area contributed by atoms with Gasteiger partial charge < -0.3 is 20.1 Å². The van der Waals surface area contributed by atoms with Gasteiger partial charge >= 0.3 is 6.09 Å². The molecule has 1 aromatic heterocycles. The van der Waals surface area contributed by atoms with E-state index in [2.05, 4.69) is 57.5 Å². The number of carbonyl (C=O) groups is 2. The molecule has 2 amide bonds. The average Bonchev–Trinajstić information content (AvgIpc) is 3.18. The number of carbonyl (C=O) groups excluding carboxylic acids is 2. The van der Waals surface area contributed by atoms with Crippen LogP contribution in [-0.2, 0) is 27.4 Å². The predicted molar refractivity (Wildman–Crippen MR) is 182 cm³/mol. The van der Waals surface area contributed by atoms with Crippen molar-refractivity contribution in [3.8, 4) is 11.1 Å². The van der Waals surface area contributed by atoms with Crippen LogP contribution in [0.2, 0.25) is 0 Å². The van der Waals surface area contributed by atoms with E-state index in [9.17, 15) is 9.59 Å². The van der Waals surface area contributed by atoms with Gasteiger partial charge in [0, 0.05) is 27.2 Å². The first kappa shape index (κ1) is 34.7. The van der Waals surface area contributed by atoms with E-state index in [0.29, 0.717) is 18.8 Å². The SMILES string of the molecule is Cc1nn(COCCS(C)(C)C)c(C)c1-c1ccc(NC(=O)C(CCCc2ccc(Br)cc2)NC(=O)OC(C)(C)C)cc1. The first-order chi connectivity index (χ1) is 20.1. The average molecular weight is 676 g/mol. The number of anilines is 1. The molecule has 0 aliphatic carbocycles. The first-order valence-corrected chi connectivity index (χ1v) is 18.4. The highest BCUT2D eigenvalue weighted by molar-refractivity contribution is 9.10. The number of halogens is 1. The summed E-state index contributed by atoms with van der Waals surface area (Å²) in [6, 6.07) is 15.1. The Morgan fingerprint density at radius 2 is 1.67 bits per heavy atom. The third-order valence-electron chi connectivity index (χ3n) is 6.76. The molecule has 2 aromatic carbocycles. The van der Waals surface area contributed by atoms with Crippen LogP contribution in [0, 0.1) is 13.8 Å². The minimum Gasteiger partial charge on any atom is -0.444 e. The van der Waals surface area contributed by atoms with E-state index < -0.39 is 27.8 Å². The van der Waals surface area contributed by atoms with Crippen molar-refractivity contribution in [3.63, 3.8) is 0 Å². The number of benzene rings is 2. The third kappa shape index (κ3) is 11.7. The minimum absolute atomic E-state index is 0.288. The lowest BCUT2D eigenvalue weighted by Gasteiger charge is -2.24. The van der Waals surface area contributed by atoms with E-state index >= 15 is 0 Å². The largest absolute Gasteiger partial charge is 0.444 e. The predicted octanol–water partition coefficient (Wildman–Crippen LogP) is 7.45. The number of hydrogen-bond donors (Lipinski definition) is 2. The molecule has 0 radical (unpaired) electrons. The molecule has 0 aliphatic heterocycles. The Balaban J connectivity index is 1.66. The number of alkyl carbamates (subject to hydrolysis) is 1. The van der Waals surface area contributed by atoms with Gasteiger partial charge in [0.1, 0.15) is 18.4 Å². The maximum atomic E-state index is 13.3. The van der Waals surface area contributed by atoms with Crippen molar-refractivity contribution in [1.82, 2.24) is 15.1 Å². The molecule has 3 rings (SSSR count). The first-order valence-electron chi connectivity index (χ1n) is 14.5. The van der Waals surface area contributed by atoms with Crippen molar-refractivity contribution in [1.29, 1.82) is 0 Å². The molecule has 3 aromatic rings. The molecule has 8 nitrogen and oxygen atoms in total. The van der Waals surface area contributed by atoms with Crippen LogP contribution in [0.1, 0.15) is 50.6 Å². The molecule has 1 unspecified atom stereocenters. The van der Waals surface area contributed by atoms with Crippen molar-refractivity contribution in [2.75, 3.05) is 36.4 Å². The van der Waals surface area contributed by atoms with Crippen LogP contribution < -0.4 is 10.6 Å². The quantitative estimate of drug-likeness (QED) is 0.184. The van der Waals surface area contributed by atoms with Crippen LogP contribution in [0.3, 0.4) is 0 Å². The number of nitrogens with one attached hydrogen (secondary N) is 2. The summed E-state index contributed by atoms with van der Waals surface area (Å²) in [6.45, 7) is 10.6. The van der Waals surface area contributed by atoms with Gasteiger partial charge in [0.15, 0.2) is 0 Å². The lowest BCUT2D eigenvalue weighted by molar-refractivity contribution is -0.118. The molecule has 1 heterocycles. The van der Waals surface area contributed by atoms with Crippen molar-refractivity contribution < 1.29 is 19.1 Å². The number of amides is 2. The van der Waals surface area contributed by atoms with Crippen molar-refractivity contribution >= 4 is 43.6 Å². The Morgan fingerprint density at radius 3 is 2.28 bits per heavy atom. The Hall–Kier alpha value is -2.82. The molecule has 0 spiro atoms. The van der Waals surface area contributed by atoms with Crippen molar-refractivity contribution in [3.05, 3.63) is 70.0 Å². The van der Waals surface area contributed by atoms with E-state index in [4.69, 9.17) is 14.6 Å². The second-order valence-corrected chi connectivity index (χ2v) is 18.2. The number of nitrogens with zero attached hydrogens (tertiary/aromatic N) is 2. The molecule has 2 N–H and O–H groups in total. The summed E-state index contributed by atoms with van der Waals surface area (Å²) in [5.74, 6) is 0.773. The van der Waals surface area contributed by atoms with Gasteiger partial charge in [0.2, 0.25) is 5.91 Å². The summed E-state index contributed by atoms with van der Waals surface area (Å²) in [6.07, 6.45) is 8.22. The van der Waals surface area contributed by atoms with Crippen LogP contribution in [-0.4, -0.2) is 64.6 Å². The summed E-state index contributed by atoms with van der Waals surface area (Å²) in [5, 5.41) is 10.4. The highest BCUT2D eigenvalue weighted by Crippen LogP contribution is 2.33. The fraction of sp³-hybridized carbons (Fsp3) is 0.485. The standard InChI is InChI=1S/C33H47BrN4O4S/c1-23-30(24(2)38(37-23)22-41-20-21-43(6,7)8)26-14-18-28(19-15-26)35-31(39)29(36-32(40)42-33(3,4)5)11-9-10-25-12-16-27(34)17-13-25/h12-19,29H,9-11,20-22H2,1-8H3,(H,35,39)(H,36,40). The van der Waals surface area contributed by atoms with Gasteiger partial charge in [0.25, 0.3) is 0 Å². The van der Waals surface area contributed by atoms with E-state index in [-0.39, 0.29) is 5.91 Å². The molecule has 236 valence electrons. The molecule has 10 heteroatoms. The normalized spacial score (nSPS) is 13.0. The monoisotopic (exact) mass is 674 g/mol. The Labute approximate surface area is 266 Å². The van der Waals surface area contributed by atoms with Gasteiger partial charge in [-0.15, -0.1) is 0 Å². The second kappa shape index (κ2) is 15.3. The van der Waals surface area contributed by atoms with Crippen molar-refractivity contribution in [2.45, 2.75) is 72.3 Å². The fourth-order valence-electron chi connectivity index (χ4n) is 4.53. The molecule has 0 aliphatic rings. The van der Waals surface area contributed by atoms with Gasteiger partial charge in [-0.3, -0.25) is 4.79 Å². The lowest BCUT2D eigenvalue weighted by Crippen LogP contribution is -2.45. The van der Waals surface area contributed by atoms with Crippen molar-refractivity contribution in [2.24, 2.45) is 0 Å². The molecular formula is C33H47BrN4O4S. The Kier molecular flexibility index (Phi) is 12.3. The highest BCUT2D eigenvalue weighted by atomic mass is 79.9. The zero-order valence-electron chi connectivity index (χ0n) is 26.8. The third-order valence-corrected chi connectivity index (χ3v) is 8.68. The van der Waals surface area contributed by atoms with E-state index in [0.717, 1.165) is 52.2 Å². The molecule has 0 saturated carbocycles. The maximum Gasteiger partial charge on any atom is 0.408 e. The highest BCUT2D eigenvalue weighted by Gasteiger charge is 2.24. The molecule has 0 fully saturated rings. The van der Waals surface area contributed by atoms with Gasteiger partial charge in [-0.05, 0) is 108 Å². The summed E-state index contributed by atoms with van der Waals surface area (Å²) >= 11 is 3.46. The number of ether oxygens (including phenoxy) is 2. The van der Waals surface area contributed by atoms with Gasteiger partial charge in [-0.25, -0.2) is 19.5 Å². The maximum absolute atomic E-state index is 13.3. The molecule has 43 heavy (non-hydrogen) atoms. The minimum atomic E-state index is -0.743. The zero-order chi connectivity index (χ0) is 31.8. The molecular weight excluding hydrogens is 628 g/mol. The number of rotatable bonds is 13. The van der Waals surface area contributed by atoms with E-state index in [1.54, 1.807) is 20.8 Å². The lowest BCUT2D eigenvalue weighted by atomic mass is 10.0. The van der Waals surface area contributed by atoms with Crippen LogP contribution in [0.25, 0.3) is 11.1 Å². The summed E-state index contributed by atoms with van der Waals surface area (Å²) < 4.78 is 14.3. The summed E-state index contributed by atoms with van der Waals surface area (Å²) in [4.78, 5) is 25.9. The van der Waals surface area contributed by atoms with Gasteiger partial charge in [-0.1, -0.05) is 40.2 Å². The van der Waals surface area contributed by atoms with Crippen LogP contribution in [0.15, 0.2) is 53.0 Å². The fourth-order valence-corrected chi connectivity index (χ4v) is 5.41. The number of aryl methyl sites for hydroxylation is 2. The number of hydrogen-bond acceptors (Lipinski definition) is 5. The second-order valence-electron chi connectivity index (χ2n) is 12.7. The summed E-state index contributed by atoms with van der Waals surface area (Å²) in [7, 11) is -0.597. The Bertz CT molecular complexity index is 1360. The topological polar surface area (TPSA) is 94.5 Å². The van der Waals surface area contributed by atoms with E-state index in [1.165, 1.54) is 5.56 Å².